The Labute approximate surface area is 108 Å². The molecule has 3 N–H and O–H groups in total. The third-order valence-electron chi connectivity index (χ3n) is 2.86. The van der Waals surface area contributed by atoms with Crippen molar-refractivity contribution in [2.24, 2.45) is 0 Å². The molecular weight excluding hydrogens is 242 g/mol. The van der Waals surface area contributed by atoms with Crippen LogP contribution in [0.1, 0.15) is 0 Å². The highest BCUT2D eigenvalue weighted by Gasteiger charge is 2.18. The Hall–Kier alpha value is -2.82. The monoisotopic (exact) mass is 253 g/mol. The minimum Gasteiger partial charge on any atom is -0.367 e. The molecule has 0 radical (unpaired) electrons. The molecule has 0 spiro atoms. The first kappa shape index (κ1) is 11.3. The second kappa shape index (κ2) is 4.45. The van der Waals surface area contributed by atoms with Gasteiger partial charge in [0.15, 0.2) is 5.43 Å². The Morgan fingerprint density at radius 3 is 2.68 bits per heavy atom. The Balaban J connectivity index is 2.26. The molecule has 3 rings (SSSR count). The van der Waals surface area contributed by atoms with Gasteiger partial charge >= 0.3 is 0 Å². The number of hydrogen-bond donors (Lipinski definition) is 2. The van der Waals surface area contributed by atoms with Gasteiger partial charge in [0.25, 0.3) is 0 Å². The van der Waals surface area contributed by atoms with E-state index in [1.54, 1.807) is 12.4 Å². The summed E-state index contributed by atoms with van der Waals surface area (Å²) in [5.41, 5.74) is 8.06. The first-order chi connectivity index (χ1) is 9.27. The predicted octanol–water partition coefficient (Wildman–Crippen LogP) is 2.28. The van der Waals surface area contributed by atoms with Gasteiger partial charge in [0.05, 0.1) is 11.1 Å². The number of pyridine rings is 1. The number of nitrogen functional groups attached to an aromatic ring is 1. The fourth-order valence-corrected chi connectivity index (χ4v) is 1.97. The molecule has 1 aromatic carbocycles. The van der Waals surface area contributed by atoms with Crippen molar-refractivity contribution in [2.75, 3.05) is 5.73 Å². The maximum Gasteiger partial charge on any atom is 0.230 e. The van der Waals surface area contributed by atoms with E-state index in [1.807, 2.05) is 30.3 Å². The first-order valence-corrected chi connectivity index (χ1v) is 5.75. The zero-order valence-electron chi connectivity index (χ0n) is 9.96. The smallest absolute Gasteiger partial charge is 0.230 e. The molecule has 0 bridgehead atoms. The van der Waals surface area contributed by atoms with Gasteiger partial charge in [0.2, 0.25) is 5.88 Å². The summed E-state index contributed by atoms with van der Waals surface area (Å²) in [6.07, 6.45) is 3.16. The van der Waals surface area contributed by atoms with Crippen molar-refractivity contribution in [2.45, 2.75) is 0 Å². The fourth-order valence-electron chi connectivity index (χ4n) is 1.97. The summed E-state index contributed by atoms with van der Waals surface area (Å²) in [4.78, 5) is 14.7. The third-order valence-corrected chi connectivity index (χ3v) is 2.86. The van der Waals surface area contributed by atoms with Gasteiger partial charge in [-0.05, 0) is 5.56 Å². The predicted molar refractivity (Wildman–Crippen MR) is 72.4 cm³/mol. The Morgan fingerprint density at radius 2 is 1.95 bits per heavy atom. The van der Waals surface area contributed by atoms with E-state index in [1.165, 1.54) is 6.07 Å². The summed E-state index contributed by atoms with van der Waals surface area (Å²) >= 11 is 0. The van der Waals surface area contributed by atoms with Crippen LogP contribution in [-0.2, 0) is 0 Å². The van der Waals surface area contributed by atoms with Gasteiger partial charge in [-0.1, -0.05) is 35.5 Å². The number of aromatic amines is 1. The van der Waals surface area contributed by atoms with Crippen molar-refractivity contribution in [3.05, 3.63) is 59.0 Å². The molecule has 3 aromatic rings. The number of anilines is 1. The van der Waals surface area contributed by atoms with E-state index in [0.717, 1.165) is 5.56 Å². The summed E-state index contributed by atoms with van der Waals surface area (Å²) in [6.45, 7) is 0. The average Bonchev–Trinajstić information content (AvgIpc) is 2.82. The number of H-pyrrole nitrogens is 1. The van der Waals surface area contributed by atoms with Crippen molar-refractivity contribution < 1.29 is 4.52 Å². The lowest BCUT2D eigenvalue weighted by molar-refractivity contribution is 0.439. The molecule has 0 atom stereocenters. The Morgan fingerprint density at radius 1 is 1.16 bits per heavy atom. The summed E-state index contributed by atoms with van der Waals surface area (Å²) in [5, 5.41) is 3.90. The molecule has 0 amide bonds. The van der Waals surface area contributed by atoms with Gasteiger partial charge in [-0.3, -0.25) is 4.79 Å². The van der Waals surface area contributed by atoms with Gasteiger partial charge in [0, 0.05) is 18.5 Å². The molecule has 5 heteroatoms. The second-order valence-electron chi connectivity index (χ2n) is 4.06. The van der Waals surface area contributed by atoms with E-state index in [2.05, 4.69) is 10.1 Å². The standard InChI is InChI=1S/C14H11N3O2/c15-14-12(9-4-2-1-3-5-9)13(17-19-14)10-8-16-7-6-11(10)18/h1-8H,15H2,(H,16,18). The van der Waals surface area contributed by atoms with E-state index < -0.39 is 0 Å². The Bertz CT molecular complexity index is 760. The maximum absolute atomic E-state index is 11.9. The molecule has 0 fully saturated rings. The molecule has 19 heavy (non-hydrogen) atoms. The number of rotatable bonds is 2. The lowest BCUT2D eigenvalue weighted by Gasteiger charge is -2.01. The van der Waals surface area contributed by atoms with Crippen molar-refractivity contribution in [1.82, 2.24) is 10.1 Å². The van der Waals surface area contributed by atoms with Crippen LogP contribution in [0.2, 0.25) is 0 Å². The molecule has 2 aromatic heterocycles. The van der Waals surface area contributed by atoms with Gasteiger partial charge in [-0.25, -0.2) is 0 Å². The van der Waals surface area contributed by atoms with Gasteiger partial charge in [-0.2, -0.15) is 0 Å². The average molecular weight is 253 g/mol. The molecule has 0 unspecified atom stereocenters. The number of hydrogen-bond acceptors (Lipinski definition) is 4. The molecule has 94 valence electrons. The largest absolute Gasteiger partial charge is 0.367 e. The molecule has 5 nitrogen and oxygen atoms in total. The minimum atomic E-state index is -0.135. The normalized spacial score (nSPS) is 10.5. The lowest BCUT2D eigenvalue weighted by atomic mass is 10.0. The first-order valence-electron chi connectivity index (χ1n) is 5.75. The number of nitrogens with zero attached hydrogens (tertiary/aromatic N) is 1. The molecule has 0 saturated carbocycles. The van der Waals surface area contributed by atoms with Crippen LogP contribution in [0.25, 0.3) is 22.4 Å². The third kappa shape index (κ3) is 1.91. The van der Waals surface area contributed by atoms with Gasteiger partial charge < -0.3 is 15.2 Å². The molecule has 0 aliphatic carbocycles. The van der Waals surface area contributed by atoms with Crippen molar-refractivity contribution >= 4 is 5.88 Å². The number of nitrogens with one attached hydrogen (secondary N) is 1. The van der Waals surface area contributed by atoms with Crippen LogP contribution >= 0.6 is 0 Å². The summed E-state index contributed by atoms with van der Waals surface area (Å²) in [6, 6.07) is 10.9. The lowest BCUT2D eigenvalue weighted by Crippen LogP contribution is -2.03. The van der Waals surface area contributed by atoms with Crippen LogP contribution in [0.4, 0.5) is 5.88 Å². The maximum atomic E-state index is 11.9. The topological polar surface area (TPSA) is 84.9 Å². The van der Waals surface area contributed by atoms with Crippen LogP contribution in [0.3, 0.4) is 0 Å². The van der Waals surface area contributed by atoms with E-state index in [9.17, 15) is 4.79 Å². The highest BCUT2D eigenvalue weighted by Crippen LogP contribution is 2.34. The highest BCUT2D eigenvalue weighted by molar-refractivity contribution is 5.86. The Kier molecular flexibility index (Phi) is 2.64. The summed E-state index contributed by atoms with van der Waals surface area (Å²) in [7, 11) is 0. The number of benzene rings is 1. The van der Waals surface area contributed by atoms with Crippen LogP contribution in [0.15, 0.2) is 58.1 Å². The van der Waals surface area contributed by atoms with Gasteiger partial charge in [-0.15, -0.1) is 0 Å². The quantitative estimate of drug-likeness (QED) is 0.733. The van der Waals surface area contributed by atoms with Crippen molar-refractivity contribution in [3.8, 4) is 22.4 Å². The second-order valence-corrected chi connectivity index (χ2v) is 4.06. The van der Waals surface area contributed by atoms with E-state index in [-0.39, 0.29) is 11.3 Å². The van der Waals surface area contributed by atoms with Crippen LogP contribution in [-0.4, -0.2) is 10.1 Å². The van der Waals surface area contributed by atoms with Crippen LogP contribution in [0.5, 0.6) is 0 Å². The molecule has 2 heterocycles. The number of nitrogens with two attached hydrogens (primary N) is 1. The summed E-state index contributed by atoms with van der Waals surface area (Å²) in [5.74, 6) is 0.199. The SMILES string of the molecule is Nc1onc(-c2c[nH]ccc2=O)c1-c1ccccc1. The van der Waals surface area contributed by atoms with Crippen molar-refractivity contribution in [3.63, 3.8) is 0 Å². The molecule has 0 aliphatic heterocycles. The molecule has 0 saturated heterocycles. The molecule has 0 aliphatic rings. The minimum absolute atomic E-state index is 0.135. The highest BCUT2D eigenvalue weighted by atomic mass is 16.5. The summed E-state index contributed by atoms with van der Waals surface area (Å²) < 4.78 is 5.03. The van der Waals surface area contributed by atoms with E-state index in [4.69, 9.17) is 10.3 Å². The number of aromatic nitrogens is 2. The van der Waals surface area contributed by atoms with E-state index >= 15 is 0 Å². The van der Waals surface area contributed by atoms with E-state index in [0.29, 0.717) is 16.8 Å². The molecular formula is C14H11N3O2. The van der Waals surface area contributed by atoms with Crippen LogP contribution < -0.4 is 11.2 Å². The zero-order valence-corrected chi connectivity index (χ0v) is 9.96. The zero-order chi connectivity index (χ0) is 13.2. The van der Waals surface area contributed by atoms with Gasteiger partial charge in [0.1, 0.15) is 5.69 Å². The fraction of sp³-hybridized carbons (Fsp3) is 0. The van der Waals surface area contributed by atoms with Crippen molar-refractivity contribution in [1.29, 1.82) is 0 Å². The van der Waals surface area contributed by atoms with Crippen LogP contribution in [0, 0.1) is 0 Å².